The molecule has 0 atom stereocenters. The van der Waals surface area contributed by atoms with E-state index < -0.39 is 0 Å². The highest BCUT2D eigenvalue weighted by atomic mass is 79.9. The molecule has 0 aromatic heterocycles. The molecule has 0 spiro atoms. The van der Waals surface area contributed by atoms with Crippen molar-refractivity contribution in [1.82, 2.24) is 5.32 Å². The molecule has 1 aromatic rings. The number of nitrogens with two attached hydrogens (primary N) is 1. The Hall–Kier alpha value is -1.03. The zero-order valence-electron chi connectivity index (χ0n) is 10.2. The molecule has 0 fully saturated rings. The van der Waals surface area contributed by atoms with Gasteiger partial charge < -0.3 is 11.1 Å². The van der Waals surface area contributed by atoms with E-state index >= 15 is 0 Å². The number of hydrogen-bond acceptors (Lipinski definition) is 1. The normalized spacial score (nSPS) is 10.5. The minimum absolute atomic E-state index is 0. The molecule has 0 aliphatic rings. The third kappa shape index (κ3) is 3.23. The fourth-order valence-electron chi connectivity index (χ4n) is 1.83. The minimum Gasteiger partial charge on any atom is -0.370 e. The topological polar surface area (TPSA) is 61.9 Å². The average Bonchev–Trinajstić information content (AvgIpc) is 2.07. The second-order valence-electron chi connectivity index (χ2n) is 4.41. The van der Waals surface area contributed by atoms with Crippen molar-refractivity contribution in [1.29, 1.82) is 5.41 Å². The maximum Gasteiger partial charge on any atom is 0.186 e. The first-order chi connectivity index (χ1) is 6.84. The van der Waals surface area contributed by atoms with Crippen LogP contribution in [0.2, 0.25) is 0 Å². The summed E-state index contributed by atoms with van der Waals surface area (Å²) in [6, 6.07) is 6.18. The molecule has 90 valence electrons. The van der Waals surface area contributed by atoms with E-state index in [0.29, 0.717) is 0 Å². The molecule has 1 aromatic carbocycles. The van der Waals surface area contributed by atoms with Gasteiger partial charge in [-0.15, -0.1) is 17.0 Å². The number of aryl methyl sites for hydroxylation is 1. The van der Waals surface area contributed by atoms with Gasteiger partial charge in [0.15, 0.2) is 5.96 Å². The van der Waals surface area contributed by atoms with Crippen molar-refractivity contribution in [3.63, 3.8) is 0 Å². The van der Waals surface area contributed by atoms with Crippen molar-refractivity contribution in [2.24, 2.45) is 5.73 Å². The summed E-state index contributed by atoms with van der Waals surface area (Å²) < 4.78 is 0. The van der Waals surface area contributed by atoms with Crippen LogP contribution in [0.1, 0.15) is 30.5 Å². The second kappa shape index (κ2) is 5.34. The van der Waals surface area contributed by atoms with Crippen LogP contribution in [-0.2, 0) is 5.54 Å². The summed E-state index contributed by atoms with van der Waals surface area (Å²) in [5.41, 5.74) is 8.75. The van der Waals surface area contributed by atoms with Crippen LogP contribution in [0.5, 0.6) is 0 Å². The summed E-state index contributed by atoms with van der Waals surface area (Å²) in [5.74, 6) is 0.000839. The summed E-state index contributed by atoms with van der Waals surface area (Å²) in [6.45, 7) is 8.23. The zero-order chi connectivity index (χ0) is 11.6. The zero-order valence-corrected chi connectivity index (χ0v) is 11.9. The van der Waals surface area contributed by atoms with Crippen molar-refractivity contribution in [3.05, 3.63) is 34.9 Å². The van der Waals surface area contributed by atoms with Crippen molar-refractivity contribution < 1.29 is 0 Å². The Balaban J connectivity index is 0.00000225. The molecule has 0 aliphatic carbocycles. The second-order valence-corrected chi connectivity index (χ2v) is 4.41. The van der Waals surface area contributed by atoms with Gasteiger partial charge in [0.05, 0.1) is 5.54 Å². The molecule has 1 rings (SSSR count). The molecule has 4 heteroatoms. The van der Waals surface area contributed by atoms with E-state index in [2.05, 4.69) is 31.3 Å². The van der Waals surface area contributed by atoms with Crippen LogP contribution in [0.25, 0.3) is 0 Å². The standard InChI is InChI=1S/C12H19N3.BrH/c1-8-6-5-7-10(9(8)2)12(3,4)15-11(13)14;/h5-7H,1-4H3,(H4,13,14,15);1H. The van der Waals surface area contributed by atoms with Gasteiger partial charge in [-0.1, -0.05) is 18.2 Å². The van der Waals surface area contributed by atoms with E-state index in [9.17, 15) is 0 Å². The van der Waals surface area contributed by atoms with Crippen LogP contribution >= 0.6 is 17.0 Å². The van der Waals surface area contributed by atoms with E-state index in [4.69, 9.17) is 11.1 Å². The highest BCUT2D eigenvalue weighted by Gasteiger charge is 2.22. The summed E-state index contributed by atoms with van der Waals surface area (Å²) in [7, 11) is 0. The lowest BCUT2D eigenvalue weighted by molar-refractivity contribution is 0.479. The molecule has 3 nitrogen and oxygen atoms in total. The van der Waals surface area contributed by atoms with Crippen LogP contribution in [0, 0.1) is 19.3 Å². The first-order valence-corrected chi connectivity index (χ1v) is 5.03. The number of nitrogens with one attached hydrogen (secondary N) is 2. The summed E-state index contributed by atoms with van der Waals surface area (Å²) >= 11 is 0. The fourth-order valence-corrected chi connectivity index (χ4v) is 1.83. The summed E-state index contributed by atoms with van der Waals surface area (Å²) in [4.78, 5) is 0. The van der Waals surface area contributed by atoms with Gasteiger partial charge in [-0.3, -0.25) is 5.41 Å². The van der Waals surface area contributed by atoms with Crippen molar-refractivity contribution >= 4 is 22.9 Å². The number of rotatable bonds is 2. The van der Waals surface area contributed by atoms with Gasteiger partial charge in [0, 0.05) is 0 Å². The van der Waals surface area contributed by atoms with Crippen LogP contribution in [0.4, 0.5) is 0 Å². The average molecular weight is 286 g/mol. The third-order valence-corrected chi connectivity index (χ3v) is 2.73. The molecule has 0 amide bonds. The van der Waals surface area contributed by atoms with Gasteiger partial charge in [0.2, 0.25) is 0 Å². The van der Waals surface area contributed by atoms with E-state index in [1.165, 1.54) is 16.7 Å². The molecular weight excluding hydrogens is 266 g/mol. The van der Waals surface area contributed by atoms with Gasteiger partial charge in [0.25, 0.3) is 0 Å². The first-order valence-electron chi connectivity index (χ1n) is 5.03. The SMILES string of the molecule is Br.Cc1cccc(C(C)(C)NC(=N)N)c1C. The molecule has 4 N–H and O–H groups in total. The lowest BCUT2D eigenvalue weighted by Gasteiger charge is -2.29. The molecule has 0 radical (unpaired) electrons. The van der Waals surface area contributed by atoms with E-state index in [1.807, 2.05) is 19.9 Å². The molecule has 0 aliphatic heterocycles. The predicted octanol–water partition coefficient (Wildman–Crippen LogP) is 2.60. The van der Waals surface area contributed by atoms with E-state index in [-0.39, 0.29) is 28.5 Å². The first kappa shape index (κ1) is 15.0. The van der Waals surface area contributed by atoms with Gasteiger partial charge in [-0.05, 0) is 44.4 Å². The Morgan fingerprint density at radius 3 is 2.38 bits per heavy atom. The van der Waals surface area contributed by atoms with Crippen molar-refractivity contribution in [3.8, 4) is 0 Å². The van der Waals surface area contributed by atoms with Gasteiger partial charge in [-0.2, -0.15) is 0 Å². The van der Waals surface area contributed by atoms with Crippen LogP contribution in [0.3, 0.4) is 0 Å². The van der Waals surface area contributed by atoms with Crippen LogP contribution < -0.4 is 11.1 Å². The van der Waals surface area contributed by atoms with Crippen LogP contribution in [0.15, 0.2) is 18.2 Å². The summed E-state index contributed by atoms with van der Waals surface area (Å²) in [5, 5.41) is 10.3. The molecule has 0 saturated carbocycles. The maximum absolute atomic E-state index is 7.29. The Kier molecular flexibility index (Phi) is 5.00. The lowest BCUT2D eigenvalue weighted by atomic mass is 9.88. The van der Waals surface area contributed by atoms with E-state index in [0.717, 1.165) is 0 Å². The predicted molar refractivity (Wildman–Crippen MR) is 74.3 cm³/mol. The fraction of sp³-hybridized carbons (Fsp3) is 0.417. The van der Waals surface area contributed by atoms with Crippen molar-refractivity contribution in [2.75, 3.05) is 0 Å². The molecule has 0 bridgehead atoms. The number of halogens is 1. The Morgan fingerprint density at radius 2 is 1.88 bits per heavy atom. The minimum atomic E-state index is -0.304. The Morgan fingerprint density at radius 1 is 1.31 bits per heavy atom. The Labute approximate surface area is 108 Å². The maximum atomic E-state index is 7.29. The van der Waals surface area contributed by atoms with Gasteiger partial charge in [-0.25, -0.2) is 0 Å². The molecular formula is C12H20BrN3. The number of benzene rings is 1. The molecule has 0 saturated heterocycles. The largest absolute Gasteiger partial charge is 0.370 e. The summed E-state index contributed by atoms with van der Waals surface area (Å²) in [6.07, 6.45) is 0. The third-order valence-electron chi connectivity index (χ3n) is 2.73. The smallest absolute Gasteiger partial charge is 0.186 e. The van der Waals surface area contributed by atoms with Gasteiger partial charge >= 0.3 is 0 Å². The van der Waals surface area contributed by atoms with Gasteiger partial charge in [0.1, 0.15) is 0 Å². The number of guanidine groups is 1. The van der Waals surface area contributed by atoms with Crippen LogP contribution in [-0.4, -0.2) is 5.96 Å². The highest BCUT2D eigenvalue weighted by molar-refractivity contribution is 8.93. The monoisotopic (exact) mass is 285 g/mol. The molecule has 16 heavy (non-hydrogen) atoms. The Bertz CT molecular complexity index is 386. The molecule has 0 unspecified atom stereocenters. The lowest BCUT2D eigenvalue weighted by Crippen LogP contribution is -2.44. The highest BCUT2D eigenvalue weighted by Crippen LogP contribution is 2.25. The van der Waals surface area contributed by atoms with Crippen molar-refractivity contribution in [2.45, 2.75) is 33.2 Å². The molecule has 0 heterocycles. The van der Waals surface area contributed by atoms with E-state index in [1.54, 1.807) is 0 Å². The number of hydrogen-bond donors (Lipinski definition) is 3. The quantitative estimate of drug-likeness (QED) is 0.578.